The second kappa shape index (κ2) is 4.59. The van der Waals surface area contributed by atoms with Gasteiger partial charge >= 0.3 is 6.09 Å². The smallest absolute Gasteiger partial charge is 0.408 e. The summed E-state index contributed by atoms with van der Waals surface area (Å²) >= 11 is 0. The highest BCUT2D eigenvalue weighted by Gasteiger charge is 2.45. The van der Waals surface area contributed by atoms with Crippen LogP contribution >= 0.6 is 0 Å². The highest BCUT2D eigenvalue weighted by molar-refractivity contribution is 5.67. The van der Waals surface area contributed by atoms with Crippen LogP contribution in [-0.4, -0.2) is 52.1 Å². The van der Waals surface area contributed by atoms with E-state index in [0.717, 1.165) is 0 Å². The third-order valence-corrected chi connectivity index (χ3v) is 3.05. The third-order valence-electron chi connectivity index (χ3n) is 3.05. The fourth-order valence-corrected chi connectivity index (χ4v) is 2.41. The van der Waals surface area contributed by atoms with Gasteiger partial charge < -0.3 is 14.9 Å². The molecule has 94 valence electrons. The summed E-state index contributed by atoms with van der Waals surface area (Å²) in [7, 11) is 0. The number of ether oxygens (including phenoxy) is 1. The first-order chi connectivity index (χ1) is 7.33. The molecule has 1 amide bonds. The summed E-state index contributed by atoms with van der Waals surface area (Å²) in [5, 5.41) is 18.9. The zero-order chi connectivity index (χ0) is 12.4. The Hall–Kier alpha value is -0.810. The van der Waals surface area contributed by atoms with Crippen LogP contribution in [0.15, 0.2) is 0 Å². The molecule has 0 bridgehead atoms. The summed E-state index contributed by atoms with van der Waals surface area (Å²) in [5.41, 5.74) is -1.21. The Bertz CT molecular complexity index is 253. The van der Waals surface area contributed by atoms with Crippen molar-refractivity contribution < 1.29 is 19.7 Å². The molecule has 0 radical (unpaired) electrons. The Morgan fingerprint density at radius 3 is 2.19 bits per heavy atom. The van der Waals surface area contributed by atoms with Gasteiger partial charge in [-0.05, 0) is 33.6 Å². The SMILES string of the molecule is CC(C)(C)N(C(=O)O)C1(CO)CCOCC1. The zero-order valence-electron chi connectivity index (χ0n) is 10.2. The predicted molar refractivity (Wildman–Crippen MR) is 59.5 cm³/mol. The number of rotatable bonds is 2. The first-order valence-electron chi connectivity index (χ1n) is 5.55. The van der Waals surface area contributed by atoms with Crippen LogP contribution in [-0.2, 0) is 4.74 Å². The molecule has 16 heavy (non-hydrogen) atoms. The lowest BCUT2D eigenvalue weighted by molar-refractivity contribution is -0.0759. The van der Waals surface area contributed by atoms with Crippen LogP contribution in [0.25, 0.3) is 0 Å². The molecule has 0 saturated carbocycles. The summed E-state index contributed by atoms with van der Waals surface area (Å²) in [5.74, 6) is 0. The molecule has 0 aliphatic carbocycles. The van der Waals surface area contributed by atoms with Crippen LogP contribution in [0.2, 0.25) is 0 Å². The van der Waals surface area contributed by atoms with Crippen molar-refractivity contribution in [2.24, 2.45) is 0 Å². The number of amides is 1. The van der Waals surface area contributed by atoms with Crippen LogP contribution in [0, 0.1) is 0 Å². The van der Waals surface area contributed by atoms with Gasteiger partial charge in [-0.15, -0.1) is 0 Å². The maximum absolute atomic E-state index is 11.4. The number of hydrogen-bond acceptors (Lipinski definition) is 3. The van der Waals surface area contributed by atoms with Crippen molar-refractivity contribution in [1.82, 2.24) is 4.90 Å². The summed E-state index contributed by atoms with van der Waals surface area (Å²) in [4.78, 5) is 12.8. The second-order valence-corrected chi connectivity index (χ2v) is 5.28. The normalized spacial score (nSPS) is 20.5. The van der Waals surface area contributed by atoms with Gasteiger partial charge in [0.1, 0.15) is 0 Å². The number of aliphatic hydroxyl groups is 1. The highest BCUT2D eigenvalue weighted by atomic mass is 16.5. The Morgan fingerprint density at radius 1 is 1.38 bits per heavy atom. The van der Waals surface area contributed by atoms with Gasteiger partial charge in [0.05, 0.1) is 12.1 Å². The van der Waals surface area contributed by atoms with Crippen molar-refractivity contribution in [2.45, 2.75) is 44.7 Å². The highest BCUT2D eigenvalue weighted by Crippen LogP contribution is 2.33. The second-order valence-electron chi connectivity index (χ2n) is 5.28. The van der Waals surface area contributed by atoms with E-state index in [1.54, 1.807) is 0 Å². The van der Waals surface area contributed by atoms with E-state index in [-0.39, 0.29) is 6.61 Å². The lowest BCUT2D eigenvalue weighted by atomic mass is 9.85. The van der Waals surface area contributed by atoms with Gasteiger partial charge in [-0.2, -0.15) is 0 Å². The van der Waals surface area contributed by atoms with Crippen LogP contribution in [0.1, 0.15) is 33.6 Å². The topological polar surface area (TPSA) is 70.0 Å². The molecule has 0 aromatic carbocycles. The fraction of sp³-hybridized carbons (Fsp3) is 0.909. The molecule has 1 saturated heterocycles. The van der Waals surface area contributed by atoms with E-state index in [4.69, 9.17) is 4.74 Å². The molecule has 1 aliphatic rings. The molecule has 0 spiro atoms. The molecule has 0 unspecified atom stereocenters. The van der Waals surface area contributed by atoms with Crippen LogP contribution in [0.3, 0.4) is 0 Å². The van der Waals surface area contributed by atoms with E-state index in [0.29, 0.717) is 26.1 Å². The summed E-state index contributed by atoms with van der Waals surface area (Å²) in [6.07, 6.45) is 0.114. The molecular weight excluding hydrogens is 210 g/mol. The first-order valence-corrected chi connectivity index (χ1v) is 5.55. The molecule has 0 atom stereocenters. The van der Waals surface area contributed by atoms with Crippen LogP contribution < -0.4 is 0 Å². The number of carboxylic acid groups (broad SMARTS) is 1. The quantitative estimate of drug-likeness (QED) is 0.751. The Labute approximate surface area is 96.0 Å². The van der Waals surface area contributed by atoms with Crippen LogP contribution in [0.4, 0.5) is 4.79 Å². The number of hydrogen-bond donors (Lipinski definition) is 2. The van der Waals surface area contributed by atoms with Gasteiger partial charge in [-0.1, -0.05) is 0 Å². The molecule has 1 rings (SSSR count). The maximum atomic E-state index is 11.4. The Morgan fingerprint density at radius 2 is 1.88 bits per heavy atom. The van der Waals surface area contributed by atoms with Gasteiger partial charge in [0.25, 0.3) is 0 Å². The monoisotopic (exact) mass is 231 g/mol. The molecule has 1 fully saturated rings. The fourth-order valence-electron chi connectivity index (χ4n) is 2.41. The molecule has 1 aliphatic heterocycles. The van der Waals surface area contributed by atoms with E-state index in [9.17, 15) is 15.0 Å². The van der Waals surface area contributed by atoms with Crippen molar-refractivity contribution in [3.8, 4) is 0 Å². The number of nitrogens with zero attached hydrogens (tertiary/aromatic N) is 1. The van der Waals surface area contributed by atoms with Gasteiger partial charge in [0.15, 0.2) is 0 Å². The molecule has 0 aromatic heterocycles. The van der Waals surface area contributed by atoms with Gasteiger partial charge in [-0.25, -0.2) is 4.79 Å². The first kappa shape index (κ1) is 13.3. The molecule has 5 heteroatoms. The van der Waals surface area contributed by atoms with Crippen molar-refractivity contribution in [3.63, 3.8) is 0 Å². The molecule has 1 heterocycles. The summed E-state index contributed by atoms with van der Waals surface area (Å²) in [6, 6.07) is 0. The Kier molecular flexibility index (Phi) is 3.80. The summed E-state index contributed by atoms with van der Waals surface area (Å²) in [6.45, 7) is 6.37. The third kappa shape index (κ3) is 2.47. The average Bonchev–Trinajstić information content (AvgIpc) is 2.16. The van der Waals surface area contributed by atoms with Crippen LogP contribution in [0.5, 0.6) is 0 Å². The van der Waals surface area contributed by atoms with E-state index < -0.39 is 17.2 Å². The van der Waals surface area contributed by atoms with E-state index in [2.05, 4.69) is 0 Å². The van der Waals surface area contributed by atoms with E-state index in [1.165, 1.54) is 4.90 Å². The molecular formula is C11H21NO4. The number of aliphatic hydroxyl groups excluding tert-OH is 1. The Balaban J connectivity index is 3.02. The summed E-state index contributed by atoms with van der Waals surface area (Å²) < 4.78 is 5.24. The van der Waals surface area contributed by atoms with Crippen molar-refractivity contribution >= 4 is 6.09 Å². The van der Waals surface area contributed by atoms with E-state index >= 15 is 0 Å². The minimum absolute atomic E-state index is 0.153. The van der Waals surface area contributed by atoms with Crippen molar-refractivity contribution in [2.75, 3.05) is 19.8 Å². The zero-order valence-corrected chi connectivity index (χ0v) is 10.2. The van der Waals surface area contributed by atoms with Crippen molar-refractivity contribution in [1.29, 1.82) is 0 Å². The lowest BCUT2D eigenvalue weighted by Gasteiger charge is -2.49. The van der Waals surface area contributed by atoms with Gasteiger partial charge in [-0.3, -0.25) is 4.90 Å². The lowest BCUT2D eigenvalue weighted by Crippen LogP contribution is -2.63. The van der Waals surface area contributed by atoms with Gasteiger partial charge in [0, 0.05) is 18.8 Å². The maximum Gasteiger partial charge on any atom is 0.408 e. The van der Waals surface area contributed by atoms with Gasteiger partial charge in [0.2, 0.25) is 0 Å². The predicted octanol–water partition coefficient (Wildman–Crippen LogP) is 1.31. The largest absolute Gasteiger partial charge is 0.465 e. The minimum Gasteiger partial charge on any atom is -0.465 e. The van der Waals surface area contributed by atoms with Crippen molar-refractivity contribution in [3.05, 3.63) is 0 Å². The average molecular weight is 231 g/mol. The van der Waals surface area contributed by atoms with E-state index in [1.807, 2.05) is 20.8 Å². The number of carbonyl (C=O) groups is 1. The minimum atomic E-state index is -0.983. The molecule has 5 nitrogen and oxygen atoms in total. The molecule has 2 N–H and O–H groups in total. The molecule has 0 aromatic rings. The standard InChI is InChI=1S/C11H21NO4/c1-10(2,3)12(9(14)15)11(8-13)4-6-16-7-5-11/h13H,4-8H2,1-3H3,(H,14,15).